The lowest BCUT2D eigenvalue weighted by atomic mass is 9.94. The Morgan fingerprint density at radius 2 is 1.89 bits per heavy atom. The second-order valence-electron chi connectivity index (χ2n) is 7.22. The molecule has 2 aromatic carbocycles. The number of rotatable bonds is 5. The van der Waals surface area contributed by atoms with Gasteiger partial charge in [-0.15, -0.1) is 0 Å². The third kappa shape index (κ3) is 4.29. The lowest BCUT2D eigenvalue weighted by Gasteiger charge is -2.17. The number of nitrogens with one attached hydrogen (secondary N) is 1. The zero-order valence-corrected chi connectivity index (χ0v) is 18.3. The monoisotopic (exact) mass is 485 g/mol. The van der Waals surface area contributed by atoms with E-state index < -0.39 is 17.9 Å². The van der Waals surface area contributed by atoms with Crippen molar-refractivity contribution in [3.8, 4) is 5.75 Å². The van der Waals surface area contributed by atoms with Crippen molar-refractivity contribution in [3.05, 3.63) is 61.5 Å². The van der Waals surface area contributed by atoms with Crippen molar-refractivity contribution in [1.82, 2.24) is 5.32 Å². The molecule has 1 heterocycles. The molecule has 8 heteroatoms. The van der Waals surface area contributed by atoms with E-state index in [-0.39, 0.29) is 27.6 Å². The number of benzene rings is 2. The molecule has 1 atom stereocenters. The average Bonchev–Trinajstić information content (AvgIpc) is 2.92. The van der Waals surface area contributed by atoms with Crippen LogP contribution in [0.2, 0.25) is 10.0 Å². The zero-order valence-electron chi connectivity index (χ0n) is 15.2. The molecule has 0 spiro atoms. The summed E-state index contributed by atoms with van der Waals surface area (Å²) in [5.74, 6) is -1.06. The summed E-state index contributed by atoms with van der Waals surface area (Å²) >= 11 is 15.6. The Morgan fingerprint density at radius 3 is 2.50 bits per heavy atom. The summed E-state index contributed by atoms with van der Waals surface area (Å²) in [6, 6.07) is 7.19. The lowest BCUT2D eigenvalue weighted by Crippen LogP contribution is -2.42. The number of carboxylic acids is 1. The molecule has 2 N–H and O–H groups in total. The Hall–Kier alpha value is -1.76. The van der Waals surface area contributed by atoms with Crippen molar-refractivity contribution in [2.45, 2.75) is 38.3 Å². The summed E-state index contributed by atoms with van der Waals surface area (Å²) in [4.78, 5) is 24.4. The Bertz CT molecular complexity index is 941. The van der Waals surface area contributed by atoms with E-state index in [2.05, 4.69) is 21.2 Å². The van der Waals surface area contributed by atoms with Gasteiger partial charge >= 0.3 is 5.97 Å². The van der Waals surface area contributed by atoms with Gasteiger partial charge in [-0.2, -0.15) is 0 Å². The Balaban J connectivity index is 1.87. The number of aliphatic carboxylic acids is 1. The van der Waals surface area contributed by atoms with Crippen LogP contribution in [0, 0.1) is 0 Å². The molecular formula is C20H18BrCl2NO4. The Kier molecular flexibility index (Phi) is 5.94. The van der Waals surface area contributed by atoms with E-state index in [4.69, 9.17) is 27.9 Å². The van der Waals surface area contributed by atoms with Crippen molar-refractivity contribution in [2.24, 2.45) is 0 Å². The topological polar surface area (TPSA) is 75.6 Å². The smallest absolute Gasteiger partial charge is 0.326 e. The van der Waals surface area contributed by atoms with E-state index >= 15 is 0 Å². The Labute approximate surface area is 181 Å². The van der Waals surface area contributed by atoms with Crippen LogP contribution in [0.5, 0.6) is 5.75 Å². The summed E-state index contributed by atoms with van der Waals surface area (Å²) in [5, 5.41) is 12.5. The molecule has 0 bridgehead atoms. The second kappa shape index (κ2) is 7.93. The highest BCUT2D eigenvalue weighted by Gasteiger charge is 2.34. The van der Waals surface area contributed by atoms with Gasteiger partial charge < -0.3 is 15.2 Å². The van der Waals surface area contributed by atoms with Gasteiger partial charge in [-0.05, 0) is 53.5 Å². The molecule has 1 unspecified atom stereocenters. The van der Waals surface area contributed by atoms with Crippen molar-refractivity contribution >= 4 is 51.0 Å². The third-order valence-electron chi connectivity index (χ3n) is 4.51. The van der Waals surface area contributed by atoms with E-state index in [9.17, 15) is 14.7 Å². The van der Waals surface area contributed by atoms with E-state index in [1.807, 2.05) is 26.0 Å². The van der Waals surface area contributed by atoms with Gasteiger partial charge in [-0.1, -0.05) is 35.3 Å². The maximum atomic E-state index is 12.6. The van der Waals surface area contributed by atoms with Crippen LogP contribution in [0.25, 0.3) is 0 Å². The third-order valence-corrected chi connectivity index (χ3v) is 5.76. The summed E-state index contributed by atoms with van der Waals surface area (Å²) in [5.41, 5.74) is 1.42. The number of carbonyl (C=O) groups is 2. The molecule has 1 aliphatic rings. The van der Waals surface area contributed by atoms with Gasteiger partial charge in [0.25, 0.3) is 5.91 Å². The van der Waals surface area contributed by atoms with E-state index in [1.165, 1.54) is 12.1 Å². The summed E-state index contributed by atoms with van der Waals surface area (Å²) in [7, 11) is 0. The van der Waals surface area contributed by atoms with Crippen LogP contribution >= 0.6 is 39.1 Å². The first-order valence-corrected chi connectivity index (χ1v) is 10.1. The van der Waals surface area contributed by atoms with Crippen molar-refractivity contribution in [3.63, 3.8) is 0 Å². The van der Waals surface area contributed by atoms with Gasteiger partial charge in [0.15, 0.2) is 0 Å². The fraction of sp³-hybridized carbons (Fsp3) is 0.300. The number of fused-ring (bicyclic) bond motifs is 1. The highest BCUT2D eigenvalue weighted by Crippen LogP contribution is 2.42. The molecule has 0 saturated heterocycles. The minimum Gasteiger partial charge on any atom is -0.486 e. The maximum Gasteiger partial charge on any atom is 0.326 e. The fourth-order valence-corrected chi connectivity index (χ4v) is 4.26. The van der Waals surface area contributed by atoms with Crippen molar-refractivity contribution in [1.29, 1.82) is 0 Å². The van der Waals surface area contributed by atoms with Crippen LogP contribution in [-0.4, -0.2) is 28.6 Å². The molecule has 0 aromatic heterocycles. The maximum absolute atomic E-state index is 12.6. The lowest BCUT2D eigenvalue weighted by molar-refractivity contribution is -0.139. The minimum absolute atomic E-state index is 0.0579. The Morgan fingerprint density at radius 1 is 1.25 bits per heavy atom. The van der Waals surface area contributed by atoms with Gasteiger partial charge in [0, 0.05) is 18.4 Å². The highest BCUT2D eigenvalue weighted by molar-refractivity contribution is 9.10. The molecule has 5 nitrogen and oxygen atoms in total. The number of carbonyl (C=O) groups excluding carboxylic acids is 1. The van der Waals surface area contributed by atoms with Crippen molar-refractivity contribution in [2.75, 3.05) is 0 Å². The molecule has 28 heavy (non-hydrogen) atoms. The molecule has 0 saturated carbocycles. The fourth-order valence-electron chi connectivity index (χ4n) is 3.24. The largest absolute Gasteiger partial charge is 0.486 e. The molecule has 0 aliphatic carbocycles. The van der Waals surface area contributed by atoms with Crippen LogP contribution in [0.1, 0.15) is 35.3 Å². The first kappa shape index (κ1) is 21.0. The predicted molar refractivity (Wildman–Crippen MR) is 112 cm³/mol. The molecule has 2 aromatic rings. The number of carboxylic acid groups (broad SMARTS) is 1. The molecule has 3 rings (SSSR count). The SMILES string of the molecule is CC1(C)Cc2c(CC(NC(=O)c3c(Cl)cccc3Cl)C(=O)O)ccc(Br)c2O1. The van der Waals surface area contributed by atoms with E-state index in [0.717, 1.165) is 15.6 Å². The standard InChI is InChI=1S/C20H18BrCl2NO4/c1-20(2)9-11-10(6-7-12(21)17(11)28-20)8-15(19(26)27)24-18(25)16-13(22)4-3-5-14(16)23/h3-7,15H,8-9H2,1-2H3,(H,24,25)(H,26,27). The first-order valence-electron chi connectivity index (χ1n) is 8.56. The van der Waals surface area contributed by atoms with Crippen LogP contribution < -0.4 is 10.1 Å². The van der Waals surface area contributed by atoms with E-state index in [0.29, 0.717) is 12.2 Å². The second-order valence-corrected chi connectivity index (χ2v) is 8.89. The first-order chi connectivity index (χ1) is 13.1. The van der Waals surface area contributed by atoms with Gasteiger partial charge in [0.2, 0.25) is 0 Å². The number of hydrogen-bond acceptors (Lipinski definition) is 3. The average molecular weight is 487 g/mol. The number of ether oxygens (including phenoxy) is 1. The van der Waals surface area contributed by atoms with Crippen LogP contribution in [-0.2, 0) is 17.6 Å². The molecule has 0 radical (unpaired) electrons. The molecule has 0 fully saturated rings. The quantitative estimate of drug-likeness (QED) is 0.630. The number of hydrogen-bond donors (Lipinski definition) is 2. The van der Waals surface area contributed by atoms with Gasteiger partial charge in [-0.3, -0.25) is 4.79 Å². The molecule has 148 valence electrons. The van der Waals surface area contributed by atoms with E-state index in [1.54, 1.807) is 6.07 Å². The normalized spacial score (nSPS) is 15.5. The van der Waals surface area contributed by atoms with Gasteiger partial charge in [0.05, 0.1) is 20.1 Å². The molecule has 1 aliphatic heterocycles. The summed E-state index contributed by atoms with van der Waals surface area (Å²) in [6.45, 7) is 3.94. The molecular weight excluding hydrogens is 469 g/mol. The molecule has 1 amide bonds. The summed E-state index contributed by atoms with van der Waals surface area (Å²) in [6.07, 6.45) is 0.756. The minimum atomic E-state index is -1.15. The van der Waals surface area contributed by atoms with Crippen LogP contribution in [0.15, 0.2) is 34.8 Å². The number of amides is 1. The van der Waals surface area contributed by atoms with Gasteiger partial charge in [0.1, 0.15) is 17.4 Å². The number of halogens is 3. The predicted octanol–water partition coefficient (Wildman–Crippen LogP) is 4.90. The van der Waals surface area contributed by atoms with Gasteiger partial charge in [-0.25, -0.2) is 4.79 Å². The van der Waals surface area contributed by atoms with Crippen molar-refractivity contribution < 1.29 is 19.4 Å². The highest BCUT2D eigenvalue weighted by atomic mass is 79.9. The van der Waals surface area contributed by atoms with Crippen LogP contribution in [0.4, 0.5) is 0 Å². The zero-order chi connectivity index (χ0) is 20.6. The summed E-state index contributed by atoms with van der Waals surface area (Å²) < 4.78 is 6.79. The van der Waals surface area contributed by atoms with Crippen LogP contribution in [0.3, 0.4) is 0 Å².